The molecule has 1 N–H and O–H groups in total. The summed E-state index contributed by atoms with van der Waals surface area (Å²) in [6, 6.07) is 2.90. The summed E-state index contributed by atoms with van der Waals surface area (Å²) in [7, 11) is 0. The van der Waals surface area contributed by atoms with Gasteiger partial charge in [0.1, 0.15) is 0 Å². The molecule has 2 fully saturated rings. The molecule has 1 amide bonds. The molecule has 2 saturated heterocycles. The summed E-state index contributed by atoms with van der Waals surface area (Å²) in [5.74, 6) is 0.214. The van der Waals surface area contributed by atoms with Gasteiger partial charge in [-0.2, -0.15) is 0 Å². The van der Waals surface area contributed by atoms with E-state index in [1.54, 1.807) is 12.5 Å². The van der Waals surface area contributed by atoms with Crippen molar-refractivity contribution < 1.29 is 9.21 Å². The third kappa shape index (κ3) is 1.73. The maximum Gasteiger partial charge on any atom is 0.220 e. The molecule has 0 aromatic carbocycles. The van der Waals surface area contributed by atoms with Gasteiger partial charge in [0.25, 0.3) is 0 Å². The summed E-state index contributed by atoms with van der Waals surface area (Å²) >= 11 is 0. The highest BCUT2D eigenvalue weighted by atomic mass is 16.3. The molecule has 2 atom stereocenters. The molecule has 0 unspecified atom stereocenters. The van der Waals surface area contributed by atoms with Crippen LogP contribution in [0, 0.1) is 0 Å². The number of hydrogen-bond acceptors (Lipinski definition) is 3. The molecule has 2 aliphatic heterocycles. The smallest absolute Gasteiger partial charge is 0.220 e. The number of hydrogen-bond donors (Lipinski definition) is 1. The largest absolute Gasteiger partial charge is 0.472 e. The zero-order valence-corrected chi connectivity index (χ0v) is 9.19. The summed E-state index contributed by atoms with van der Waals surface area (Å²) in [4.78, 5) is 13.7. The predicted molar refractivity (Wildman–Crippen MR) is 58.7 cm³/mol. The average molecular weight is 220 g/mol. The first kappa shape index (κ1) is 9.90. The van der Waals surface area contributed by atoms with E-state index in [1.807, 2.05) is 6.07 Å². The molecule has 3 rings (SSSR count). The van der Waals surface area contributed by atoms with Crippen molar-refractivity contribution in [1.29, 1.82) is 0 Å². The van der Waals surface area contributed by atoms with Gasteiger partial charge in [-0.25, -0.2) is 0 Å². The third-order valence-electron chi connectivity index (χ3n) is 3.64. The lowest BCUT2D eigenvalue weighted by atomic mass is 9.99. The van der Waals surface area contributed by atoms with Crippen LogP contribution in [0.4, 0.5) is 0 Å². The van der Waals surface area contributed by atoms with E-state index in [0.29, 0.717) is 18.5 Å². The highest BCUT2D eigenvalue weighted by Gasteiger charge is 2.37. The molecule has 0 spiro atoms. The van der Waals surface area contributed by atoms with Crippen LogP contribution in [-0.4, -0.2) is 29.4 Å². The molecule has 0 bridgehead atoms. The highest BCUT2D eigenvalue weighted by molar-refractivity contribution is 5.77. The molecule has 1 aromatic heterocycles. The summed E-state index contributed by atoms with van der Waals surface area (Å²) in [5, 5.41) is 3.08. The Hall–Kier alpha value is -1.29. The fraction of sp³-hybridized carbons (Fsp3) is 0.583. The van der Waals surface area contributed by atoms with Crippen LogP contribution in [0.25, 0.3) is 0 Å². The monoisotopic (exact) mass is 220 g/mol. The van der Waals surface area contributed by atoms with Crippen molar-refractivity contribution in [3.05, 3.63) is 24.2 Å². The van der Waals surface area contributed by atoms with Crippen molar-refractivity contribution in [2.75, 3.05) is 6.54 Å². The fourth-order valence-electron chi connectivity index (χ4n) is 2.84. The number of amides is 1. The van der Waals surface area contributed by atoms with Crippen LogP contribution < -0.4 is 5.32 Å². The lowest BCUT2D eigenvalue weighted by Gasteiger charge is -2.31. The second-order valence-electron chi connectivity index (χ2n) is 4.67. The Kier molecular flexibility index (Phi) is 2.44. The van der Waals surface area contributed by atoms with Gasteiger partial charge in [0.2, 0.25) is 5.91 Å². The van der Waals surface area contributed by atoms with Crippen LogP contribution in [0.1, 0.15) is 24.8 Å². The molecule has 2 aliphatic rings. The van der Waals surface area contributed by atoms with Crippen molar-refractivity contribution in [1.82, 2.24) is 10.2 Å². The van der Waals surface area contributed by atoms with Gasteiger partial charge >= 0.3 is 0 Å². The van der Waals surface area contributed by atoms with E-state index >= 15 is 0 Å². The first-order valence-corrected chi connectivity index (χ1v) is 5.87. The van der Waals surface area contributed by atoms with Crippen molar-refractivity contribution in [3.63, 3.8) is 0 Å². The van der Waals surface area contributed by atoms with Crippen molar-refractivity contribution in [3.8, 4) is 0 Å². The molecule has 3 heterocycles. The predicted octanol–water partition coefficient (Wildman–Crippen LogP) is 1.13. The third-order valence-corrected chi connectivity index (χ3v) is 3.64. The van der Waals surface area contributed by atoms with Crippen molar-refractivity contribution in [2.24, 2.45) is 0 Å². The Morgan fingerprint density at radius 1 is 1.50 bits per heavy atom. The summed E-state index contributed by atoms with van der Waals surface area (Å²) in [6.07, 6.45) is 6.26. The van der Waals surface area contributed by atoms with Crippen molar-refractivity contribution in [2.45, 2.75) is 37.9 Å². The van der Waals surface area contributed by atoms with E-state index < -0.39 is 0 Å². The number of carbonyl (C=O) groups excluding carboxylic acids is 1. The van der Waals surface area contributed by atoms with Crippen LogP contribution in [-0.2, 0) is 11.3 Å². The number of fused-ring (bicyclic) bond motifs is 1. The summed E-state index contributed by atoms with van der Waals surface area (Å²) in [6.45, 7) is 2.01. The number of carbonyl (C=O) groups is 1. The average Bonchev–Trinajstić information content (AvgIpc) is 2.89. The highest BCUT2D eigenvalue weighted by Crippen LogP contribution is 2.27. The maximum absolute atomic E-state index is 11.3. The molecule has 86 valence electrons. The first-order valence-electron chi connectivity index (χ1n) is 5.87. The van der Waals surface area contributed by atoms with E-state index in [-0.39, 0.29) is 5.91 Å². The molecule has 0 saturated carbocycles. The van der Waals surface area contributed by atoms with Crippen LogP contribution in [0.15, 0.2) is 23.0 Å². The number of furan rings is 1. The number of nitrogens with one attached hydrogen (secondary N) is 1. The van der Waals surface area contributed by atoms with Gasteiger partial charge in [-0.1, -0.05) is 0 Å². The Bertz CT molecular complexity index is 374. The van der Waals surface area contributed by atoms with Crippen LogP contribution in [0.3, 0.4) is 0 Å². The van der Waals surface area contributed by atoms with Gasteiger partial charge in [-0.15, -0.1) is 0 Å². The van der Waals surface area contributed by atoms with Gasteiger partial charge in [0, 0.05) is 37.2 Å². The molecule has 4 heteroatoms. The van der Waals surface area contributed by atoms with E-state index in [4.69, 9.17) is 4.42 Å². The zero-order chi connectivity index (χ0) is 11.0. The first-order chi connectivity index (χ1) is 7.83. The second kappa shape index (κ2) is 3.94. The molecule has 1 aromatic rings. The number of nitrogens with zero attached hydrogens (tertiary/aromatic N) is 1. The van der Waals surface area contributed by atoms with Crippen LogP contribution in [0.2, 0.25) is 0 Å². The SMILES string of the molecule is O=C1CC[C@H]2[C@@H](CCN2Cc2ccoc2)N1. The minimum atomic E-state index is 0.214. The number of likely N-dealkylation sites (tertiary alicyclic amines) is 1. The molecular weight excluding hydrogens is 204 g/mol. The molecule has 4 nitrogen and oxygen atoms in total. The topological polar surface area (TPSA) is 45.5 Å². The molecule has 0 aliphatic carbocycles. The minimum Gasteiger partial charge on any atom is -0.472 e. The second-order valence-corrected chi connectivity index (χ2v) is 4.67. The lowest BCUT2D eigenvalue weighted by molar-refractivity contribution is -0.124. The Morgan fingerprint density at radius 2 is 2.44 bits per heavy atom. The van der Waals surface area contributed by atoms with Gasteiger partial charge in [0.15, 0.2) is 0 Å². The summed E-state index contributed by atoms with van der Waals surface area (Å²) < 4.78 is 5.08. The Balaban J connectivity index is 1.67. The number of piperidine rings is 1. The quantitative estimate of drug-likeness (QED) is 0.812. The van der Waals surface area contributed by atoms with E-state index in [9.17, 15) is 4.79 Å². The Morgan fingerprint density at radius 3 is 3.25 bits per heavy atom. The van der Waals surface area contributed by atoms with E-state index in [2.05, 4.69) is 10.2 Å². The lowest BCUT2D eigenvalue weighted by Crippen LogP contribution is -2.49. The Labute approximate surface area is 94.6 Å². The van der Waals surface area contributed by atoms with Gasteiger partial charge in [0.05, 0.1) is 12.5 Å². The number of rotatable bonds is 2. The van der Waals surface area contributed by atoms with Gasteiger partial charge in [-0.3, -0.25) is 9.69 Å². The molecule has 16 heavy (non-hydrogen) atoms. The zero-order valence-electron chi connectivity index (χ0n) is 9.19. The fourth-order valence-corrected chi connectivity index (χ4v) is 2.84. The molecular formula is C12H16N2O2. The normalized spacial score (nSPS) is 30.1. The minimum absolute atomic E-state index is 0.214. The van der Waals surface area contributed by atoms with E-state index in [1.165, 1.54) is 5.56 Å². The van der Waals surface area contributed by atoms with Crippen molar-refractivity contribution >= 4 is 5.91 Å². The summed E-state index contributed by atoms with van der Waals surface area (Å²) in [5.41, 5.74) is 1.22. The van der Waals surface area contributed by atoms with E-state index in [0.717, 1.165) is 25.9 Å². The van der Waals surface area contributed by atoms with Gasteiger partial charge in [-0.05, 0) is 18.9 Å². The maximum atomic E-state index is 11.3. The molecule has 0 radical (unpaired) electrons. The van der Waals surface area contributed by atoms with Gasteiger partial charge < -0.3 is 9.73 Å². The van der Waals surface area contributed by atoms with Crippen LogP contribution in [0.5, 0.6) is 0 Å². The standard InChI is InChI=1S/C12H16N2O2/c15-12-2-1-11-10(13-12)3-5-14(11)7-9-4-6-16-8-9/h4,6,8,10-11H,1-3,5,7H2,(H,13,15)/t10-,11+/m1/s1. The van der Waals surface area contributed by atoms with Crippen LogP contribution >= 0.6 is 0 Å².